The van der Waals surface area contributed by atoms with E-state index in [0.29, 0.717) is 5.02 Å². The van der Waals surface area contributed by atoms with Gasteiger partial charge in [-0.2, -0.15) is 0 Å². The van der Waals surface area contributed by atoms with E-state index in [9.17, 15) is 4.79 Å². The lowest BCUT2D eigenvalue weighted by Crippen LogP contribution is -2.43. The van der Waals surface area contributed by atoms with Crippen molar-refractivity contribution in [3.8, 4) is 11.3 Å². The molecule has 0 unspecified atom stereocenters. The van der Waals surface area contributed by atoms with E-state index in [1.54, 1.807) is 6.20 Å². The van der Waals surface area contributed by atoms with Gasteiger partial charge in [-0.15, -0.1) is 0 Å². The van der Waals surface area contributed by atoms with Crippen LogP contribution in [0.1, 0.15) is 18.4 Å². The van der Waals surface area contributed by atoms with Crippen LogP contribution >= 0.6 is 11.6 Å². The first kappa shape index (κ1) is 19.8. The lowest BCUT2D eigenvalue weighted by atomic mass is 10.0. The maximum Gasteiger partial charge on any atom is 0.404 e. The highest BCUT2D eigenvalue weighted by Gasteiger charge is 2.21. The van der Waals surface area contributed by atoms with Crippen LogP contribution in [0.15, 0.2) is 59.3 Å². The molecule has 1 fully saturated rings. The Bertz CT molecular complexity index is 1230. The van der Waals surface area contributed by atoms with Crippen molar-refractivity contribution in [2.75, 3.05) is 13.1 Å². The predicted molar refractivity (Wildman–Crippen MR) is 121 cm³/mol. The molecule has 31 heavy (non-hydrogen) atoms. The number of para-hydroxylation sites is 1. The van der Waals surface area contributed by atoms with Crippen LogP contribution in [-0.2, 0) is 6.54 Å². The van der Waals surface area contributed by atoms with Gasteiger partial charge in [0.15, 0.2) is 0 Å². The molecule has 0 aliphatic carbocycles. The summed E-state index contributed by atoms with van der Waals surface area (Å²) in [5.74, 6) is 0.771. The van der Waals surface area contributed by atoms with Crippen molar-refractivity contribution < 1.29 is 14.3 Å². The van der Waals surface area contributed by atoms with E-state index in [0.717, 1.165) is 71.1 Å². The smallest absolute Gasteiger partial charge is 0.404 e. The maximum atomic E-state index is 10.9. The monoisotopic (exact) mass is 435 g/mol. The Balaban J connectivity index is 1.44. The van der Waals surface area contributed by atoms with Crippen molar-refractivity contribution >= 4 is 39.4 Å². The second-order valence-electron chi connectivity index (χ2n) is 8.01. The first-order chi connectivity index (χ1) is 15.1. The van der Waals surface area contributed by atoms with Gasteiger partial charge in [0.25, 0.3) is 0 Å². The van der Waals surface area contributed by atoms with Gasteiger partial charge in [0.05, 0.1) is 5.02 Å². The summed E-state index contributed by atoms with van der Waals surface area (Å²) in [7, 11) is 0. The molecule has 0 radical (unpaired) electrons. The van der Waals surface area contributed by atoms with E-state index in [1.807, 2.05) is 42.6 Å². The van der Waals surface area contributed by atoms with E-state index in [2.05, 4.69) is 21.3 Å². The third-order valence-corrected chi connectivity index (χ3v) is 6.21. The zero-order valence-electron chi connectivity index (χ0n) is 16.8. The number of piperidine rings is 1. The van der Waals surface area contributed by atoms with Gasteiger partial charge < -0.3 is 14.8 Å². The molecule has 0 bridgehead atoms. The molecule has 0 spiro atoms. The molecule has 4 aromatic rings. The van der Waals surface area contributed by atoms with E-state index >= 15 is 0 Å². The van der Waals surface area contributed by atoms with Gasteiger partial charge in [-0.05, 0) is 48.1 Å². The van der Waals surface area contributed by atoms with Crippen LogP contribution in [0.25, 0.3) is 33.1 Å². The van der Waals surface area contributed by atoms with Crippen molar-refractivity contribution in [1.29, 1.82) is 0 Å². The van der Waals surface area contributed by atoms with Crippen LogP contribution in [0.3, 0.4) is 0 Å². The van der Waals surface area contributed by atoms with Crippen LogP contribution in [0, 0.1) is 0 Å². The standard InChI is InChI=1S/C24H22ClN3O3/c25-21-10-15(14-28-7-5-17(6-8-28)27-24(29)30)9-18-19(21)12-26-13-20(18)23-11-16-3-1-2-4-22(16)31-23/h1-4,9-13,17,27H,5-8,14H2,(H,29,30). The van der Waals surface area contributed by atoms with Crippen LogP contribution in [-0.4, -0.2) is 40.2 Å². The highest BCUT2D eigenvalue weighted by Crippen LogP contribution is 2.35. The summed E-state index contributed by atoms with van der Waals surface area (Å²) in [6, 6.07) is 14.2. The Morgan fingerprint density at radius 2 is 1.97 bits per heavy atom. The number of amides is 1. The number of pyridine rings is 1. The van der Waals surface area contributed by atoms with Crippen molar-refractivity contribution in [3.05, 3.63) is 65.4 Å². The van der Waals surface area contributed by atoms with E-state index in [4.69, 9.17) is 21.1 Å². The van der Waals surface area contributed by atoms with Crippen LogP contribution < -0.4 is 5.32 Å². The minimum atomic E-state index is -0.952. The Morgan fingerprint density at radius 3 is 2.74 bits per heavy atom. The Morgan fingerprint density at radius 1 is 1.16 bits per heavy atom. The molecule has 1 saturated heterocycles. The minimum absolute atomic E-state index is 0.0275. The van der Waals surface area contributed by atoms with Gasteiger partial charge in [0.1, 0.15) is 11.3 Å². The lowest BCUT2D eigenvalue weighted by Gasteiger charge is -2.31. The fraction of sp³-hybridized carbons (Fsp3) is 0.250. The number of rotatable bonds is 4. The fourth-order valence-corrected chi connectivity index (χ4v) is 4.65. The van der Waals surface area contributed by atoms with Crippen molar-refractivity contribution in [1.82, 2.24) is 15.2 Å². The van der Waals surface area contributed by atoms with Gasteiger partial charge in [0, 0.05) is 54.4 Å². The first-order valence-electron chi connectivity index (χ1n) is 10.3. The predicted octanol–water partition coefficient (Wildman–Crippen LogP) is 5.53. The quantitative estimate of drug-likeness (QED) is 0.440. The number of hydrogen-bond donors (Lipinski definition) is 2. The zero-order chi connectivity index (χ0) is 21.4. The van der Waals surface area contributed by atoms with Crippen molar-refractivity contribution in [2.24, 2.45) is 0 Å². The van der Waals surface area contributed by atoms with Crippen LogP contribution in [0.5, 0.6) is 0 Å². The summed E-state index contributed by atoms with van der Waals surface area (Å²) < 4.78 is 6.09. The Hall–Kier alpha value is -3.09. The lowest BCUT2D eigenvalue weighted by molar-refractivity contribution is 0.165. The summed E-state index contributed by atoms with van der Waals surface area (Å²) in [6.07, 6.45) is 4.27. The number of carboxylic acid groups (broad SMARTS) is 1. The number of nitrogens with zero attached hydrogens (tertiary/aromatic N) is 2. The van der Waals surface area contributed by atoms with Gasteiger partial charge >= 0.3 is 6.09 Å². The van der Waals surface area contributed by atoms with E-state index in [-0.39, 0.29) is 6.04 Å². The average Bonchev–Trinajstić information content (AvgIpc) is 3.18. The molecule has 158 valence electrons. The molecule has 1 amide bonds. The normalized spacial score (nSPS) is 15.5. The van der Waals surface area contributed by atoms with Crippen molar-refractivity contribution in [3.63, 3.8) is 0 Å². The second-order valence-corrected chi connectivity index (χ2v) is 8.42. The summed E-state index contributed by atoms with van der Waals surface area (Å²) in [5, 5.41) is 15.1. The average molecular weight is 436 g/mol. The molecule has 3 heterocycles. The number of halogens is 1. The molecule has 0 atom stereocenters. The largest absolute Gasteiger partial charge is 0.465 e. The van der Waals surface area contributed by atoms with E-state index in [1.165, 1.54) is 0 Å². The molecule has 1 aliphatic rings. The molecule has 2 N–H and O–H groups in total. The molecule has 6 nitrogen and oxygen atoms in total. The molecule has 7 heteroatoms. The van der Waals surface area contributed by atoms with Gasteiger partial charge in [-0.1, -0.05) is 29.8 Å². The topological polar surface area (TPSA) is 78.6 Å². The summed E-state index contributed by atoms with van der Waals surface area (Å²) >= 11 is 6.63. The van der Waals surface area contributed by atoms with Crippen molar-refractivity contribution in [2.45, 2.75) is 25.4 Å². The minimum Gasteiger partial charge on any atom is -0.465 e. The zero-order valence-corrected chi connectivity index (χ0v) is 17.6. The molecule has 5 rings (SSSR count). The number of nitrogens with one attached hydrogen (secondary N) is 1. The second kappa shape index (κ2) is 8.21. The summed E-state index contributed by atoms with van der Waals surface area (Å²) in [4.78, 5) is 17.6. The number of furan rings is 1. The molecule has 1 aliphatic heterocycles. The van der Waals surface area contributed by atoms with Gasteiger partial charge in [-0.3, -0.25) is 9.88 Å². The number of aromatic nitrogens is 1. The summed E-state index contributed by atoms with van der Waals surface area (Å²) in [6.45, 7) is 2.44. The SMILES string of the molecule is O=C(O)NC1CCN(Cc2cc(Cl)c3cncc(-c4cc5ccccc5o4)c3c2)CC1. The highest BCUT2D eigenvalue weighted by atomic mass is 35.5. The number of carbonyl (C=O) groups is 1. The van der Waals surface area contributed by atoms with Crippen LogP contribution in [0.2, 0.25) is 5.02 Å². The molecule has 0 saturated carbocycles. The number of fused-ring (bicyclic) bond motifs is 2. The number of benzene rings is 2. The van der Waals surface area contributed by atoms with Gasteiger partial charge in [-0.25, -0.2) is 4.79 Å². The molecule has 2 aromatic heterocycles. The summed E-state index contributed by atoms with van der Waals surface area (Å²) in [5.41, 5.74) is 2.88. The van der Waals surface area contributed by atoms with E-state index < -0.39 is 6.09 Å². The Labute approximate surface area is 184 Å². The third-order valence-electron chi connectivity index (χ3n) is 5.90. The molecular formula is C24H22ClN3O3. The fourth-order valence-electron chi connectivity index (χ4n) is 4.35. The highest BCUT2D eigenvalue weighted by molar-refractivity contribution is 6.36. The van der Waals surface area contributed by atoms with Gasteiger partial charge in [0.2, 0.25) is 0 Å². The molecule has 2 aromatic carbocycles. The first-order valence-corrected chi connectivity index (χ1v) is 10.7. The number of likely N-dealkylation sites (tertiary alicyclic amines) is 1. The molecular weight excluding hydrogens is 414 g/mol. The number of hydrogen-bond acceptors (Lipinski definition) is 4. The Kier molecular flexibility index (Phi) is 5.26. The van der Waals surface area contributed by atoms with Crippen LogP contribution in [0.4, 0.5) is 4.79 Å². The maximum absolute atomic E-state index is 10.9. The third kappa shape index (κ3) is 4.09.